The molecule has 7 nitrogen and oxygen atoms in total. The Kier molecular flexibility index (Phi) is 6.10. The number of nitrogens with zero attached hydrogens (tertiary/aromatic N) is 3. The lowest BCUT2D eigenvalue weighted by molar-refractivity contribution is 0.601. The molecule has 0 saturated heterocycles. The van der Waals surface area contributed by atoms with Crippen LogP contribution in [-0.2, 0) is 10.0 Å². The lowest BCUT2D eigenvalue weighted by atomic mass is 10.2. The fraction of sp³-hybridized carbons (Fsp3) is 0.200. The van der Waals surface area contributed by atoms with Gasteiger partial charge >= 0.3 is 0 Å². The molecule has 0 aliphatic heterocycles. The Bertz CT molecular complexity index is 987. The quantitative estimate of drug-likeness (QED) is 0.600. The summed E-state index contributed by atoms with van der Waals surface area (Å²) in [6, 6.07) is 19.4. The van der Waals surface area contributed by atoms with Gasteiger partial charge in [0, 0.05) is 24.5 Å². The molecular formula is C20H23N5O2S. The average Bonchev–Trinajstić information content (AvgIpc) is 2.72. The van der Waals surface area contributed by atoms with Crippen molar-refractivity contribution in [3.05, 3.63) is 66.7 Å². The first-order valence-electron chi connectivity index (χ1n) is 9.05. The fourth-order valence-corrected chi connectivity index (χ4v) is 3.76. The minimum atomic E-state index is -3.68. The predicted molar refractivity (Wildman–Crippen MR) is 113 cm³/mol. The smallest absolute Gasteiger partial charge is 0.263 e. The Morgan fingerprint density at radius 2 is 1.43 bits per heavy atom. The highest BCUT2D eigenvalue weighted by Crippen LogP contribution is 2.21. The van der Waals surface area contributed by atoms with Gasteiger partial charge in [0.15, 0.2) is 11.6 Å². The summed E-state index contributed by atoms with van der Waals surface area (Å²) in [5.41, 5.74) is 2.04. The van der Waals surface area contributed by atoms with E-state index in [-0.39, 0.29) is 10.7 Å². The van der Waals surface area contributed by atoms with E-state index in [9.17, 15) is 8.42 Å². The molecule has 0 unspecified atom stereocenters. The second-order valence-electron chi connectivity index (χ2n) is 6.07. The lowest BCUT2D eigenvalue weighted by Crippen LogP contribution is -2.21. The first-order chi connectivity index (χ1) is 13.5. The van der Waals surface area contributed by atoms with Crippen molar-refractivity contribution < 1.29 is 8.42 Å². The summed E-state index contributed by atoms with van der Waals surface area (Å²) in [5, 5.41) is 11.1. The molecule has 2 aromatic carbocycles. The number of aromatic nitrogens is 2. The number of anilines is 4. The second-order valence-corrected chi connectivity index (χ2v) is 7.75. The zero-order valence-corrected chi connectivity index (χ0v) is 16.6. The highest BCUT2D eigenvalue weighted by molar-refractivity contribution is 7.92. The maximum atomic E-state index is 12.3. The molecular weight excluding hydrogens is 374 g/mol. The Balaban J connectivity index is 1.66. The molecule has 8 heteroatoms. The van der Waals surface area contributed by atoms with Crippen molar-refractivity contribution in [2.75, 3.05) is 28.0 Å². The maximum Gasteiger partial charge on any atom is 0.263 e. The summed E-state index contributed by atoms with van der Waals surface area (Å²) in [6.07, 6.45) is 0. The third-order valence-electron chi connectivity index (χ3n) is 4.23. The molecule has 0 amide bonds. The van der Waals surface area contributed by atoms with Gasteiger partial charge in [-0.05, 0) is 62.4 Å². The van der Waals surface area contributed by atoms with Crippen LogP contribution in [0.3, 0.4) is 0 Å². The zero-order valence-electron chi connectivity index (χ0n) is 15.8. The first-order valence-corrected chi connectivity index (χ1v) is 10.5. The van der Waals surface area contributed by atoms with Crippen molar-refractivity contribution in [3.8, 4) is 0 Å². The summed E-state index contributed by atoms with van der Waals surface area (Å²) in [6.45, 7) is 6.15. The Morgan fingerprint density at radius 3 is 2.00 bits per heavy atom. The van der Waals surface area contributed by atoms with Gasteiger partial charge < -0.3 is 10.2 Å². The molecule has 0 bridgehead atoms. The summed E-state index contributed by atoms with van der Waals surface area (Å²) in [7, 11) is -3.68. The van der Waals surface area contributed by atoms with E-state index in [0.717, 1.165) is 24.5 Å². The third-order valence-corrected chi connectivity index (χ3v) is 5.60. The Morgan fingerprint density at radius 1 is 0.821 bits per heavy atom. The van der Waals surface area contributed by atoms with Crippen molar-refractivity contribution in [2.45, 2.75) is 18.7 Å². The van der Waals surface area contributed by atoms with E-state index in [1.165, 1.54) is 12.1 Å². The molecule has 0 saturated carbocycles. The van der Waals surface area contributed by atoms with E-state index in [4.69, 9.17) is 0 Å². The summed E-state index contributed by atoms with van der Waals surface area (Å²) in [4.78, 5) is 2.43. The number of rotatable bonds is 8. The van der Waals surface area contributed by atoms with E-state index in [0.29, 0.717) is 5.82 Å². The number of nitrogens with one attached hydrogen (secondary N) is 2. The molecule has 146 valence electrons. The van der Waals surface area contributed by atoms with E-state index >= 15 is 0 Å². The molecule has 3 aromatic rings. The van der Waals surface area contributed by atoms with Gasteiger partial charge in [-0.25, -0.2) is 8.42 Å². The van der Waals surface area contributed by atoms with Crippen molar-refractivity contribution in [1.82, 2.24) is 10.2 Å². The van der Waals surface area contributed by atoms with E-state index < -0.39 is 10.0 Å². The third kappa shape index (κ3) is 4.77. The van der Waals surface area contributed by atoms with Crippen LogP contribution in [0.1, 0.15) is 13.8 Å². The van der Waals surface area contributed by atoms with Crippen LogP contribution < -0.4 is 14.9 Å². The highest BCUT2D eigenvalue weighted by Gasteiger charge is 2.14. The first kappa shape index (κ1) is 19.6. The van der Waals surface area contributed by atoms with Crippen molar-refractivity contribution >= 4 is 33.0 Å². The van der Waals surface area contributed by atoms with Crippen LogP contribution >= 0.6 is 0 Å². The van der Waals surface area contributed by atoms with Gasteiger partial charge in [0.05, 0.1) is 4.90 Å². The Hall–Kier alpha value is -3.13. The summed E-state index contributed by atoms with van der Waals surface area (Å²) >= 11 is 0. The predicted octanol–water partition coefficient (Wildman–Crippen LogP) is 3.87. The van der Waals surface area contributed by atoms with Gasteiger partial charge in [-0.1, -0.05) is 18.2 Å². The molecule has 0 aliphatic carbocycles. The monoisotopic (exact) mass is 397 g/mol. The lowest BCUT2D eigenvalue weighted by Gasteiger charge is -2.21. The number of hydrogen-bond donors (Lipinski definition) is 2. The molecule has 0 aliphatic rings. The average molecular weight is 398 g/mol. The van der Waals surface area contributed by atoms with Crippen LogP contribution in [0.15, 0.2) is 71.6 Å². The number of benzene rings is 2. The van der Waals surface area contributed by atoms with Gasteiger partial charge in [0.2, 0.25) is 0 Å². The minimum absolute atomic E-state index is 0.159. The van der Waals surface area contributed by atoms with Crippen LogP contribution in [0, 0.1) is 0 Å². The zero-order chi connectivity index (χ0) is 20.0. The second kappa shape index (κ2) is 8.71. The van der Waals surface area contributed by atoms with Gasteiger partial charge in [-0.2, -0.15) is 0 Å². The van der Waals surface area contributed by atoms with Gasteiger partial charge in [-0.15, -0.1) is 10.2 Å². The standard InChI is InChI=1S/C20H23N5O2S/c1-3-25(4-2)17-12-10-16(11-13-17)21-19-14-15-20(23-22-19)24-28(26,27)18-8-6-5-7-9-18/h5-15H,3-4H2,1-2H3,(H,21,22)(H,23,24). The molecule has 0 spiro atoms. The Labute approximate surface area is 165 Å². The normalized spacial score (nSPS) is 11.1. The molecule has 1 aromatic heterocycles. The topological polar surface area (TPSA) is 87.2 Å². The van der Waals surface area contributed by atoms with Crippen molar-refractivity contribution in [1.29, 1.82) is 0 Å². The van der Waals surface area contributed by atoms with E-state index in [2.05, 4.69) is 39.0 Å². The summed E-state index contributed by atoms with van der Waals surface area (Å²) < 4.78 is 27.1. The SMILES string of the molecule is CCN(CC)c1ccc(Nc2ccc(NS(=O)(=O)c3ccccc3)nn2)cc1. The van der Waals surface area contributed by atoms with Crippen LogP contribution in [0.25, 0.3) is 0 Å². The molecule has 3 rings (SSSR count). The van der Waals surface area contributed by atoms with Crippen LogP contribution in [0.5, 0.6) is 0 Å². The number of hydrogen-bond acceptors (Lipinski definition) is 6. The van der Waals surface area contributed by atoms with Gasteiger partial charge in [-0.3, -0.25) is 4.72 Å². The summed E-state index contributed by atoms with van der Waals surface area (Å²) in [5.74, 6) is 0.685. The van der Waals surface area contributed by atoms with Crippen molar-refractivity contribution in [3.63, 3.8) is 0 Å². The van der Waals surface area contributed by atoms with Gasteiger partial charge in [0.25, 0.3) is 10.0 Å². The van der Waals surface area contributed by atoms with Crippen LogP contribution in [-0.4, -0.2) is 31.7 Å². The highest BCUT2D eigenvalue weighted by atomic mass is 32.2. The fourth-order valence-electron chi connectivity index (χ4n) is 2.74. The molecule has 28 heavy (non-hydrogen) atoms. The molecule has 0 atom stereocenters. The maximum absolute atomic E-state index is 12.3. The van der Waals surface area contributed by atoms with Crippen LogP contribution in [0.2, 0.25) is 0 Å². The molecule has 1 heterocycles. The van der Waals surface area contributed by atoms with E-state index in [1.54, 1.807) is 30.3 Å². The van der Waals surface area contributed by atoms with E-state index in [1.807, 2.05) is 24.3 Å². The molecule has 2 N–H and O–H groups in total. The van der Waals surface area contributed by atoms with Crippen molar-refractivity contribution in [2.24, 2.45) is 0 Å². The minimum Gasteiger partial charge on any atom is -0.372 e. The molecule has 0 fully saturated rings. The van der Waals surface area contributed by atoms with Gasteiger partial charge in [0.1, 0.15) is 0 Å². The van der Waals surface area contributed by atoms with Crippen LogP contribution in [0.4, 0.5) is 23.0 Å². The largest absolute Gasteiger partial charge is 0.372 e. The number of sulfonamides is 1. The molecule has 0 radical (unpaired) electrons.